The third kappa shape index (κ3) is 16.7. The number of rotatable bonds is 6. The van der Waals surface area contributed by atoms with Gasteiger partial charge in [-0.25, -0.2) is 0 Å². The van der Waals surface area contributed by atoms with Crippen molar-refractivity contribution >= 4 is 0 Å². The van der Waals surface area contributed by atoms with E-state index in [9.17, 15) is 0 Å². The Hall–Kier alpha value is 0. The van der Waals surface area contributed by atoms with Gasteiger partial charge in [0.2, 0.25) is 0 Å². The lowest BCUT2D eigenvalue weighted by atomic mass is 9.94. The highest BCUT2D eigenvalue weighted by Gasteiger charge is 2.03. The molecule has 0 heteroatoms. The third-order valence-electron chi connectivity index (χ3n) is 3.02. The van der Waals surface area contributed by atoms with Crippen LogP contribution in [0.3, 0.4) is 0 Å². The molecule has 0 saturated heterocycles. The predicted octanol–water partition coefficient (Wildman–Crippen LogP) is 5.91. The van der Waals surface area contributed by atoms with Crippen molar-refractivity contribution in [2.45, 2.75) is 80.6 Å². The Labute approximate surface area is 98.9 Å². The molecule has 0 saturated carbocycles. The normalized spacial score (nSPS) is 12.6. The summed E-state index contributed by atoms with van der Waals surface area (Å²) in [4.78, 5) is 0. The maximum atomic E-state index is 2.33. The molecular formula is C15H34. The van der Waals surface area contributed by atoms with Gasteiger partial charge in [-0.1, -0.05) is 80.6 Å². The maximum absolute atomic E-state index is 2.33. The summed E-state index contributed by atoms with van der Waals surface area (Å²) in [5.74, 6) is 2.69. The Morgan fingerprint density at radius 2 is 1.27 bits per heavy atom. The second-order valence-corrected chi connectivity index (χ2v) is 5.55. The van der Waals surface area contributed by atoms with Crippen molar-refractivity contribution in [2.75, 3.05) is 0 Å². The Bertz CT molecular complexity index is 103. The molecule has 0 spiro atoms. The molecule has 0 amide bonds. The van der Waals surface area contributed by atoms with Crippen LogP contribution < -0.4 is 0 Å². The van der Waals surface area contributed by atoms with E-state index in [4.69, 9.17) is 0 Å². The van der Waals surface area contributed by atoms with Gasteiger partial charge in [0.25, 0.3) is 0 Å². The molecule has 0 rings (SSSR count). The van der Waals surface area contributed by atoms with E-state index < -0.39 is 0 Å². The van der Waals surface area contributed by atoms with Crippen LogP contribution in [0.15, 0.2) is 0 Å². The van der Waals surface area contributed by atoms with E-state index in [1.807, 2.05) is 0 Å². The van der Waals surface area contributed by atoms with Crippen LogP contribution in [0.1, 0.15) is 80.6 Å². The van der Waals surface area contributed by atoms with E-state index in [0.29, 0.717) is 0 Å². The summed E-state index contributed by atoms with van der Waals surface area (Å²) in [6, 6.07) is 0. The lowest BCUT2D eigenvalue weighted by Crippen LogP contribution is -2.02. The highest BCUT2D eigenvalue weighted by Crippen LogP contribution is 2.14. The van der Waals surface area contributed by atoms with Crippen LogP contribution >= 0.6 is 0 Å². The van der Waals surface area contributed by atoms with Crippen LogP contribution in [0.4, 0.5) is 0 Å². The van der Waals surface area contributed by atoms with Gasteiger partial charge in [-0.05, 0) is 17.8 Å². The minimum Gasteiger partial charge on any atom is -0.0654 e. The van der Waals surface area contributed by atoms with Gasteiger partial charge in [0.05, 0.1) is 0 Å². The van der Waals surface area contributed by atoms with Crippen molar-refractivity contribution in [1.82, 2.24) is 0 Å². The number of hydrogen-bond acceptors (Lipinski definition) is 0. The van der Waals surface area contributed by atoms with Crippen molar-refractivity contribution in [3.05, 3.63) is 0 Å². The molecule has 0 N–H and O–H groups in total. The summed E-state index contributed by atoms with van der Waals surface area (Å²) in [5, 5.41) is 0. The van der Waals surface area contributed by atoms with E-state index in [1.54, 1.807) is 0 Å². The summed E-state index contributed by atoms with van der Waals surface area (Å²) in [5.41, 5.74) is 0. The molecule has 15 heavy (non-hydrogen) atoms. The van der Waals surface area contributed by atoms with Gasteiger partial charge >= 0.3 is 0 Å². The Kier molecular flexibility index (Phi) is 14.0. The maximum Gasteiger partial charge on any atom is -0.0420 e. The van der Waals surface area contributed by atoms with Gasteiger partial charge in [-0.15, -0.1) is 0 Å². The summed E-state index contributed by atoms with van der Waals surface area (Å²) >= 11 is 0. The van der Waals surface area contributed by atoms with Crippen molar-refractivity contribution in [3.63, 3.8) is 0 Å². The first-order valence-electron chi connectivity index (χ1n) is 6.95. The second kappa shape index (κ2) is 12.1. The molecule has 0 aromatic heterocycles. The first-order valence-corrected chi connectivity index (χ1v) is 6.95. The third-order valence-corrected chi connectivity index (χ3v) is 3.02. The fourth-order valence-corrected chi connectivity index (χ4v) is 1.40. The smallest absolute Gasteiger partial charge is 0.0420 e. The monoisotopic (exact) mass is 214 g/mol. The highest BCUT2D eigenvalue weighted by atomic mass is 14.1. The van der Waals surface area contributed by atoms with E-state index >= 15 is 0 Å². The van der Waals surface area contributed by atoms with Gasteiger partial charge in [0.15, 0.2) is 0 Å². The zero-order chi connectivity index (χ0) is 12.3. The van der Waals surface area contributed by atoms with Crippen LogP contribution in [0, 0.1) is 17.8 Å². The number of unbranched alkanes of at least 4 members (excludes halogenated alkanes) is 1. The van der Waals surface area contributed by atoms with Crippen molar-refractivity contribution in [2.24, 2.45) is 17.8 Å². The van der Waals surface area contributed by atoms with E-state index in [2.05, 4.69) is 48.5 Å². The summed E-state index contributed by atoms with van der Waals surface area (Å²) < 4.78 is 0. The molecule has 0 nitrogen and oxygen atoms in total. The topological polar surface area (TPSA) is 0 Å². The highest BCUT2D eigenvalue weighted by molar-refractivity contribution is 4.54. The molecule has 0 aromatic rings. The molecule has 0 aliphatic carbocycles. The Balaban J connectivity index is 0. The molecule has 0 aliphatic rings. The SMILES string of the molecule is CCCC(C)C(C)C.CCCCC(C)C. The first-order chi connectivity index (χ1) is 6.95. The molecule has 0 aliphatic heterocycles. The molecule has 1 atom stereocenters. The fourth-order valence-electron chi connectivity index (χ4n) is 1.40. The first kappa shape index (κ1) is 17.4. The average Bonchev–Trinajstić information content (AvgIpc) is 2.16. The summed E-state index contributed by atoms with van der Waals surface area (Å²) in [6.45, 7) is 15.9. The molecular weight excluding hydrogens is 180 g/mol. The van der Waals surface area contributed by atoms with Gasteiger partial charge in [0.1, 0.15) is 0 Å². The second-order valence-electron chi connectivity index (χ2n) is 5.55. The van der Waals surface area contributed by atoms with Crippen LogP contribution in [0.5, 0.6) is 0 Å². The molecule has 94 valence electrons. The fraction of sp³-hybridized carbons (Fsp3) is 1.00. The summed E-state index contributed by atoms with van der Waals surface area (Å²) in [7, 11) is 0. The van der Waals surface area contributed by atoms with Crippen LogP contribution in [0.2, 0.25) is 0 Å². The molecule has 1 unspecified atom stereocenters. The predicted molar refractivity (Wildman–Crippen MR) is 73.3 cm³/mol. The van der Waals surface area contributed by atoms with Crippen molar-refractivity contribution < 1.29 is 0 Å². The zero-order valence-electron chi connectivity index (χ0n) is 12.3. The van der Waals surface area contributed by atoms with E-state index in [1.165, 1.54) is 32.1 Å². The zero-order valence-corrected chi connectivity index (χ0v) is 12.3. The van der Waals surface area contributed by atoms with Gasteiger partial charge in [0, 0.05) is 0 Å². The Morgan fingerprint density at radius 3 is 1.40 bits per heavy atom. The largest absolute Gasteiger partial charge is 0.0654 e. The lowest BCUT2D eigenvalue weighted by molar-refractivity contribution is 0.389. The van der Waals surface area contributed by atoms with Crippen LogP contribution in [-0.2, 0) is 0 Å². The van der Waals surface area contributed by atoms with Gasteiger partial charge in [-0.2, -0.15) is 0 Å². The standard InChI is InChI=1S/C8H18.C7H16/c1-5-6-8(4)7(2)3;1-4-5-6-7(2)3/h7-8H,5-6H2,1-4H3;7H,4-6H2,1-3H3. The van der Waals surface area contributed by atoms with Gasteiger partial charge in [-0.3, -0.25) is 0 Å². The van der Waals surface area contributed by atoms with E-state index in [-0.39, 0.29) is 0 Å². The van der Waals surface area contributed by atoms with Gasteiger partial charge < -0.3 is 0 Å². The average molecular weight is 214 g/mol. The minimum atomic E-state index is 0.870. The Morgan fingerprint density at radius 1 is 0.733 bits per heavy atom. The van der Waals surface area contributed by atoms with Crippen molar-refractivity contribution in [3.8, 4) is 0 Å². The van der Waals surface area contributed by atoms with Crippen LogP contribution in [0.25, 0.3) is 0 Å². The quantitative estimate of drug-likeness (QED) is 0.515. The molecule has 0 heterocycles. The molecule has 0 aromatic carbocycles. The summed E-state index contributed by atoms with van der Waals surface area (Å²) in [6.07, 6.45) is 6.86. The minimum absolute atomic E-state index is 0.870. The molecule has 0 radical (unpaired) electrons. The lowest BCUT2D eigenvalue weighted by Gasteiger charge is -2.12. The van der Waals surface area contributed by atoms with Crippen LogP contribution in [-0.4, -0.2) is 0 Å². The number of hydrogen-bond donors (Lipinski definition) is 0. The van der Waals surface area contributed by atoms with E-state index in [0.717, 1.165) is 17.8 Å². The van der Waals surface area contributed by atoms with Crippen molar-refractivity contribution in [1.29, 1.82) is 0 Å². The molecule has 0 bridgehead atoms. The molecule has 0 fully saturated rings.